The molecule has 1 aromatic heterocycles. The summed E-state index contributed by atoms with van der Waals surface area (Å²) in [6.07, 6.45) is 1.75. The van der Waals surface area contributed by atoms with Crippen LogP contribution in [-0.4, -0.2) is 10.1 Å². The molecule has 19 heavy (non-hydrogen) atoms. The zero-order valence-corrected chi connectivity index (χ0v) is 10.7. The highest BCUT2D eigenvalue weighted by atomic mass is 16.3. The highest BCUT2D eigenvalue weighted by Gasteiger charge is 2.28. The third-order valence-corrected chi connectivity index (χ3v) is 3.47. The van der Waals surface area contributed by atoms with Crippen LogP contribution in [0.3, 0.4) is 0 Å². The van der Waals surface area contributed by atoms with Gasteiger partial charge in [0.25, 0.3) is 0 Å². The summed E-state index contributed by atoms with van der Waals surface area (Å²) in [5.74, 6) is 0. The molecule has 1 heterocycles. The Bertz CT molecular complexity index is 699. The fourth-order valence-corrected chi connectivity index (χ4v) is 2.41. The van der Waals surface area contributed by atoms with Crippen molar-refractivity contribution in [3.8, 4) is 0 Å². The molecule has 0 unspecified atom stereocenters. The van der Waals surface area contributed by atoms with Crippen molar-refractivity contribution in [2.45, 2.75) is 12.5 Å². The fraction of sp³-hybridized carbons (Fsp3) is 0.118. The molecule has 2 aromatic carbocycles. The monoisotopic (exact) mass is 249 g/mol. The lowest BCUT2D eigenvalue weighted by Gasteiger charge is -2.24. The maximum Gasteiger partial charge on any atom is 0.129 e. The van der Waals surface area contributed by atoms with Gasteiger partial charge in [-0.15, -0.1) is 0 Å². The maximum absolute atomic E-state index is 10.9. The lowest BCUT2D eigenvalue weighted by Crippen LogP contribution is -2.24. The number of nitrogens with zero attached hydrogens (tertiary/aromatic N) is 1. The molecule has 1 N–H and O–H groups in total. The van der Waals surface area contributed by atoms with Gasteiger partial charge in [0, 0.05) is 11.6 Å². The van der Waals surface area contributed by atoms with Gasteiger partial charge in [-0.3, -0.25) is 4.98 Å². The first-order valence-electron chi connectivity index (χ1n) is 6.32. The highest BCUT2D eigenvalue weighted by Crippen LogP contribution is 2.32. The van der Waals surface area contributed by atoms with Gasteiger partial charge in [0.2, 0.25) is 0 Å². The Morgan fingerprint density at radius 2 is 1.58 bits per heavy atom. The molecule has 0 spiro atoms. The number of rotatable bonds is 2. The topological polar surface area (TPSA) is 33.1 Å². The Balaban J connectivity index is 2.24. The van der Waals surface area contributed by atoms with E-state index >= 15 is 0 Å². The number of pyridine rings is 1. The maximum atomic E-state index is 10.9. The molecule has 2 heteroatoms. The normalized spacial score (nSPS) is 14.2. The van der Waals surface area contributed by atoms with Gasteiger partial charge in [0.1, 0.15) is 5.60 Å². The highest BCUT2D eigenvalue weighted by molar-refractivity contribution is 5.85. The van der Waals surface area contributed by atoms with E-state index in [2.05, 4.69) is 4.98 Å². The molecule has 0 aliphatic rings. The summed E-state index contributed by atoms with van der Waals surface area (Å²) < 4.78 is 0. The van der Waals surface area contributed by atoms with E-state index in [9.17, 15) is 5.11 Å². The minimum atomic E-state index is -1.10. The largest absolute Gasteiger partial charge is 0.379 e. The van der Waals surface area contributed by atoms with Crippen LogP contribution in [-0.2, 0) is 5.60 Å². The number of aromatic nitrogens is 1. The van der Waals surface area contributed by atoms with Gasteiger partial charge in [0.15, 0.2) is 0 Å². The van der Waals surface area contributed by atoms with E-state index in [0.717, 1.165) is 16.3 Å². The molecule has 0 aliphatic carbocycles. The van der Waals surface area contributed by atoms with Crippen LogP contribution in [0.4, 0.5) is 0 Å². The Labute approximate surface area is 112 Å². The number of benzene rings is 2. The van der Waals surface area contributed by atoms with Gasteiger partial charge in [-0.25, -0.2) is 0 Å². The first-order chi connectivity index (χ1) is 9.19. The third-order valence-electron chi connectivity index (χ3n) is 3.47. The third kappa shape index (κ3) is 2.00. The molecule has 3 aromatic rings. The molecule has 0 amide bonds. The molecule has 0 bridgehead atoms. The fourth-order valence-electron chi connectivity index (χ4n) is 2.41. The van der Waals surface area contributed by atoms with Crippen LogP contribution >= 0.6 is 0 Å². The first kappa shape index (κ1) is 11.9. The molecular formula is C17H15NO. The van der Waals surface area contributed by atoms with Crippen molar-refractivity contribution in [1.82, 2.24) is 4.98 Å². The Morgan fingerprint density at radius 1 is 0.895 bits per heavy atom. The van der Waals surface area contributed by atoms with Crippen molar-refractivity contribution < 1.29 is 5.11 Å². The van der Waals surface area contributed by atoms with Crippen molar-refractivity contribution in [2.24, 2.45) is 0 Å². The molecular weight excluding hydrogens is 234 g/mol. The van der Waals surface area contributed by atoms with E-state index < -0.39 is 5.60 Å². The standard InChI is InChI=1S/C17H15NO/c1-17(19,14-8-3-2-4-9-14)16-15-10-6-5-7-13(15)11-12-18-16/h2-12,19H,1H3/t17-/m1/s1. The summed E-state index contributed by atoms with van der Waals surface area (Å²) in [7, 11) is 0. The second-order valence-electron chi connectivity index (χ2n) is 4.82. The molecule has 0 fully saturated rings. The number of fused-ring (bicyclic) bond motifs is 1. The predicted octanol–water partition coefficient (Wildman–Crippen LogP) is 3.49. The minimum absolute atomic E-state index is 0.691. The molecule has 1 atom stereocenters. The van der Waals surface area contributed by atoms with Crippen molar-refractivity contribution >= 4 is 10.8 Å². The van der Waals surface area contributed by atoms with Crippen LogP contribution in [0, 0.1) is 0 Å². The van der Waals surface area contributed by atoms with Gasteiger partial charge < -0.3 is 5.11 Å². The summed E-state index contributed by atoms with van der Waals surface area (Å²) in [6, 6.07) is 19.6. The van der Waals surface area contributed by atoms with Crippen molar-refractivity contribution in [1.29, 1.82) is 0 Å². The SMILES string of the molecule is C[C@@](O)(c1ccccc1)c1nccc2ccccc12. The van der Waals surface area contributed by atoms with Crippen LogP contribution in [0.15, 0.2) is 66.9 Å². The Hall–Kier alpha value is -2.19. The van der Waals surface area contributed by atoms with Crippen molar-refractivity contribution in [3.63, 3.8) is 0 Å². The average molecular weight is 249 g/mol. The van der Waals surface area contributed by atoms with E-state index in [1.807, 2.05) is 60.7 Å². The quantitative estimate of drug-likeness (QED) is 0.754. The first-order valence-corrected chi connectivity index (χ1v) is 6.32. The van der Waals surface area contributed by atoms with Crippen LogP contribution in [0.5, 0.6) is 0 Å². The summed E-state index contributed by atoms with van der Waals surface area (Å²) in [5.41, 5.74) is 0.443. The smallest absolute Gasteiger partial charge is 0.129 e. The van der Waals surface area contributed by atoms with E-state index in [0.29, 0.717) is 5.69 Å². The van der Waals surface area contributed by atoms with E-state index in [1.54, 1.807) is 13.1 Å². The molecule has 0 saturated carbocycles. The molecule has 0 radical (unpaired) electrons. The number of aliphatic hydroxyl groups is 1. The summed E-state index contributed by atoms with van der Waals surface area (Å²) in [4.78, 5) is 4.40. The van der Waals surface area contributed by atoms with Gasteiger partial charge in [-0.1, -0.05) is 54.6 Å². The van der Waals surface area contributed by atoms with E-state index in [-0.39, 0.29) is 0 Å². The van der Waals surface area contributed by atoms with Crippen LogP contribution in [0.1, 0.15) is 18.2 Å². The van der Waals surface area contributed by atoms with Crippen LogP contribution in [0.2, 0.25) is 0 Å². The number of hydrogen-bond acceptors (Lipinski definition) is 2. The second-order valence-corrected chi connectivity index (χ2v) is 4.82. The zero-order chi connectivity index (χ0) is 13.3. The Kier molecular flexibility index (Phi) is 2.80. The lowest BCUT2D eigenvalue weighted by atomic mass is 9.89. The number of hydrogen-bond donors (Lipinski definition) is 1. The van der Waals surface area contributed by atoms with Crippen LogP contribution in [0.25, 0.3) is 10.8 Å². The lowest BCUT2D eigenvalue weighted by molar-refractivity contribution is 0.0992. The summed E-state index contributed by atoms with van der Waals surface area (Å²) >= 11 is 0. The average Bonchev–Trinajstić information content (AvgIpc) is 2.47. The predicted molar refractivity (Wildman–Crippen MR) is 76.9 cm³/mol. The minimum Gasteiger partial charge on any atom is -0.379 e. The van der Waals surface area contributed by atoms with Crippen molar-refractivity contribution in [2.75, 3.05) is 0 Å². The summed E-state index contributed by atoms with van der Waals surface area (Å²) in [6.45, 7) is 1.79. The van der Waals surface area contributed by atoms with Gasteiger partial charge in [-0.2, -0.15) is 0 Å². The molecule has 2 nitrogen and oxygen atoms in total. The zero-order valence-electron chi connectivity index (χ0n) is 10.7. The summed E-state index contributed by atoms with van der Waals surface area (Å²) in [5, 5.41) is 13.0. The molecule has 94 valence electrons. The van der Waals surface area contributed by atoms with Gasteiger partial charge in [0.05, 0.1) is 5.69 Å². The van der Waals surface area contributed by atoms with E-state index in [1.165, 1.54) is 0 Å². The Morgan fingerprint density at radius 3 is 2.37 bits per heavy atom. The van der Waals surface area contributed by atoms with Gasteiger partial charge >= 0.3 is 0 Å². The van der Waals surface area contributed by atoms with Crippen molar-refractivity contribution in [3.05, 3.63) is 78.1 Å². The van der Waals surface area contributed by atoms with Gasteiger partial charge in [-0.05, 0) is 23.9 Å². The second kappa shape index (κ2) is 4.48. The van der Waals surface area contributed by atoms with E-state index in [4.69, 9.17) is 0 Å². The molecule has 3 rings (SSSR count). The molecule has 0 aliphatic heterocycles. The molecule has 0 saturated heterocycles. The van der Waals surface area contributed by atoms with Crippen LogP contribution < -0.4 is 0 Å².